The number of hydrogen-bond acceptors (Lipinski definition) is 0. The second kappa shape index (κ2) is 3.97. The molecule has 58 valence electrons. The van der Waals surface area contributed by atoms with E-state index in [2.05, 4.69) is 50.3 Å². The van der Waals surface area contributed by atoms with Gasteiger partial charge in [-0.2, -0.15) is 0 Å². The molecule has 0 aliphatic carbocycles. The van der Waals surface area contributed by atoms with Crippen LogP contribution >= 0.6 is 0 Å². The highest BCUT2D eigenvalue weighted by molar-refractivity contribution is 5.22. The zero-order valence-electron chi connectivity index (χ0n) is 7.12. The highest BCUT2D eigenvalue weighted by atomic mass is 14.0. The van der Waals surface area contributed by atoms with Gasteiger partial charge in [0.1, 0.15) is 0 Å². The zero-order chi connectivity index (χ0) is 8.10. The first-order valence-corrected chi connectivity index (χ1v) is 4.02. The van der Waals surface area contributed by atoms with Gasteiger partial charge < -0.3 is 0 Å². The van der Waals surface area contributed by atoms with E-state index in [1.54, 1.807) is 0 Å². The quantitative estimate of drug-likeness (QED) is 0.561. The third-order valence-electron chi connectivity index (χ3n) is 1.81. The molecule has 0 saturated carbocycles. The predicted octanol–water partition coefficient (Wildman–Crippen LogP) is 3.37. The van der Waals surface area contributed by atoms with Crippen molar-refractivity contribution >= 4 is 0 Å². The van der Waals surface area contributed by atoms with Gasteiger partial charge in [0.2, 0.25) is 0 Å². The highest BCUT2D eigenvalue weighted by Crippen LogP contribution is 2.14. The average Bonchev–Trinajstić information content (AvgIpc) is 2.07. The van der Waals surface area contributed by atoms with Gasteiger partial charge in [-0.3, -0.25) is 0 Å². The molecule has 1 aromatic carbocycles. The maximum absolute atomic E-state index is 2.20. The lowest BCUT2D eigenvalue weighted by molar-refractivity contribution is 0.965. The lowest BCUT2D eigenvalue weighted by Crippen LogP contribution is -1.86. The Morgan fingerprint density at radius 2 is 1.82 bits per heavy atom. The Morgan fingerprint density at radius 1 is 1.18 bits per heavy atom. The van der Waals surface area contributed by atoms with Crippen LogP contribution in [-0.2, 0) is 0 Å². The van der Waals surface area contributed by atoms with Crippen molar-refractivity contribution in [3.63, 3.8) is 0 Å². The first-order chi connectivity index (χ1) is 5.34. The van der Waals surface area contributed by atoms with Gasteiger partial charge >= 0.3 is 0 Å². The van der Waals surface area contributed by atoms with Crippen LogP contribution in [0.3, 0.4) is 0 Å². The second-order valence-corrected chi connectivity index (χ2v) is 2.73. The van der Waals surface area contributed by atoms with Crippen LogP contribution in [0.25, 0.3) is 0 Å². The fourth-order valence-corrected chi connectivity index (χ4v) is 1.16. The molecule has 0 saturated heterocycles. The Morgan fingerprint density at radius 3 is 2.36 bits per heavy atom. The van der Waals surface area contributed by atoms with E-state index in [9.17, 15) is 0 Å². The van der Waals surface area contributed by atoms with Crippen molar-refractivity contribution in [1.29, 1.82) is 0 Å². The second-order valence-electron chi connectivity index (χ2n) is 2.73. The van der Waals surface area contributed by atoms with Gasteiger partial charge in [0.25, 0.3) is 0 Å². The Balaban J connectivity index is 2.76. The largest absolute Gasteiger partial charge is 0.0911 e. The van der Waals surface area contributed by atoms with Gasteiger partial charge in [-0.05, 0) is 18.4 Å². The Hall–Kier alpha value is -1.04. The summed E-state index contributed by atoms with van der Waals surface area (Å²) in [7, 11) is 0. The smallest absolute Gasteiger partial charge is 0.00105 e. The maximum Gasteiger partial charge on any atom is -0.00105 e. The molecule has 0 aromatic heterocycles. The summed E-state index contributed by atoms with van der Waals surface area (Å²) in [6.07, 6.45) is 4.30. The van der Waals surface area contributed by atoms with E-state index < -0.39 is 0 Å². The van der Waals surface area contributed by atoms with E-state index in [4.69, 9.17) is 0 Å². The van der Waals surface area contributed by atoms with E-state index in [0.717, 1.165) is 0 Å². The minimum atomic E-state index is 0.543. The molecule has 0 bridgehead atoms. The molecule has 11 heavy (non-hydrogen) atoms. The summed E-state index contributed by atoms with van der Waals surface area (Å²) in [6.45, 7) is 4.26. The van der Waals surface area contributed by atoms with Crippen molar-refractivity contribution in [3.8, 4) is 0 Å². The third kappa shape index (κ3) is 2.23. The van der Waals surface area contributed by atoms with Crippen molar-refractivity contribution < 1.29 is 0 Å². The molecule has 1 rings (SSSR count). The van der Waals surface area contributed by atoms with Crippen molar-refractivity contribution in [1.82, 2.24) is 0 Å². The van der Waals surface area contributed by atoms with Crippen LogP contribution in [0.2, 0.25) is 0 Å². The standard InChI is InChI=1S/C11H14/c1-3-7-10(2)11-8-5-4-6-9-11/h3-10H,1-2H3. The van der Waals surface area contributed by atoms with Crippen LogP contribution in [0.15, 0.2) is 42.5 Å². The van der Waals surface area contributed by atoms with Crippen molar-refractivity contribution in [2.75, 3.05) is 0 Å². The number of allylic oxidation sites excluding steroid dienone is 2. The van der Waals surface area contributed by atoms with Crippen molar-refractivity contribution in [2.45, 2.75) is 19.8 Å². The Bertz CT molecular complexity index is 221. The van der Waals surface area contributed by atoms with Crippen molar-refractivity contribution in [2.24, 2.45) is 0 Å². The molecule has 1 atom stereocenters. The molecule has 0 heterocycles. The minimum absolute atomic E-state index is 0.543. The molecular formula is C11H14. The molecule has 0 amide bonds. The summed E-state index contributed by atoms with van der Waals surface area (Å²) < 4.78 is 0. The molecule has 0 heteroatoms. The molecule has 1 unspecified atom stereocenters. The van der Waals surface area contributed by atoms with E-state index >= 15 is 0 Å². The molecule has 0 N–H and O–H groups in total. The molecular weight excluding hydrogens is 132 g/mol. The number of benzene rings is 1. The van der Waals surface area contributed by atoms with E-state index in [-0.39, 0.29) is 0 Å². The van der Waals surface area contributed by atoms with E-state index in [1.807, 2.05) is 6.07 Å². The zero-order valence-corrected chi connectivity index (χ0v) is 7.12. The SMILES string of the molecule is CC=CC(C)c1ccccc1. The predicted molar refractivity (Wildman–Crippen MR) is 49.7 cm³/mol. The first kappa shape index (κ1) is 8.06. The minimum Gasteiger partial charge on any atom is -0.0911 e. The van der Waals surface area contributed by atoms with Crippen molar-refractivity contribution in [3.05, 3.63) is 48.0 Å². The third-order valence-corrected chi connectivity index (χ3v) is 1.81. The van der Waals surface area contributed by atoms with Crippen LogP contribution in [0.4, 0.5) is 0 Å². The summed E-state index contributed by atoms with van der Waals surface area (Å²) in [4.78, 5) is 0. The van der Waals surface area contributed by atoms with Gasteiger partial charge in [-0.1, -0.05) is 49.4 Å². The van der Waals surface area contributed by atoms with Crippen LogP contribution in [0, 0.1) is 0 Å². The fraction of sp³-hybridized carbons (Fsp3) is 0.273. The lowest BCUT2D eigenvalue weighted by Gasteiger charge is -2.04. The maximum atomic E-state index is 2.20. The molecule has 0 radical (unpaired) electrons. The van der Waals surface area contributed by atoms with Crippen LogP contribution in [0.1, 0.15) is 25.3 Å². The van der Waals surface area contributed by atoms with Crippen LogP contribution in [0.5, 0.6) is 0 Å². The normalized spacial score (nSPS) is 13.6. The van der Waals surface area contributed by atoms with Gasteiger partial charge in [0.15, 0.2) is 0 Å². The van der Waals surface area contributed by atoms with E-state index in [0.29, 0.717) is 5.92 Å². The lowest BCUT2D eigenvalue weighted by atomic mass is 10.0. The number of rotatable bonds is 2. The van der Waals surface area contributed by atoms with Crippen LogP contribution < -0.4 is 0 Å². The molecule has 0 nitrogen and oxygen atoms in total. The molecule has 0 spiro atoms. The molecule has 1 aromatic rings. The van der Waals surface area contributed by atoms with Gasteiger partial charge in [-0.25, -0.2) is 0 Å². The monoisotopic (exact) mass is 146 g/mol. The Kier molecular flexibility index (Phi) is 2.91. The van der Waals surface area contributed by atoms with E-state index in [1.165, 1.54) is 5.56 Å². The topological polar surface area (TPSA) is 0 Å². The van der Waals surface area contributed by atoms with Gasteiger partial charge in [0.05, 0.1) is 0 Å². The summed E-state index contributed by atoms with van der Waals surface area (Å²) in [5.74, 6) is 0.543. The average molecular weight is 146 g/mol. The van der Waals surface area contributed by atoms with Crippen LogP contribution in [-0.4, -0.2) is 0 Å². The summed E-state index contributed by atoms with van der Waals surface area (Å²) in [6, 6.07) is 10.5. The molecule has 0 aliphatic heterocycles. The fourth-order valence-electron chi connectivity index (χ4n) is 1.16. The first-order valence-electron chi connectivity index (χ1n) is 4.02. The number of hydrogen-bond donors (Lipinski definition) is 0. The molecule has 0 fully saturated rings. The summed E-state index contributed by atoms with van der Waals surface area (Å²) in [5, 5.41) is 0. The summed E-state index contributed by atoms with van der Waals surface area (Å²) in [5.41, 5.74) is 1.38. The van der Waals surface area contributed by atoms with Gasteiger partial charge in [0, 0.05) is 0 Å². The van der Waals surface area contributed by atoms with Gasteiger partial charge in [-0.15, -0.1) is 0 Å². The molecule has 0 aliphatic rings. The Labute approximate surface area is 68.6 Å². The highest BCUT2D eigenvalue weighted by Gasteiger charge is 1.97. The summed E-state index contributed by atoms with van der Waals surface area (Å²) >= 11 is 0.